The number of nitrogen functional groups attached to an aromatic ring is 1. The lowest BCUT2D eigenvalue weighted by Crippen LogP contribution is -2.28. The van der Waals surface area contributed by atoms with Crippen LogP contribution in [0.4, 0.5) is 5.69 Å². The molecule has 0 spiro atoms. The molecule has 0 aliphatic carbocycles. The molecule has 0 saturated carbocycles. The van der Waals surface area contributed by atoms with Crippen molar-refractivity contribution in [2.45, 2.75) is 12.5 Å². The summed E-state index contributed by atoms with van der Waals surface area (Å²) in [4.78, 5) is 13.2. The molecule has 1 aliphatic rings. The van der Waals surface area contributed by atoms with Crippen LogP contribution in [0.3, 0.4) is 0 Å². The minimum absolute atomic E-state index is 0.0444. The van der Waals surface area contributed by atoms with Gasteiger partial charge in [0, 0.05) is 12.7 Å². The van der Waals surface area contributed by atoms with Gasteiger partial charge in [0.15, 0.2) is 0 Å². The fourth-order valence-electron chi connectivity index (χ4n) is 1.79. The van der Waals surface area contributed by atoms with Crippen LogP contribution in [-0.4, -0.2) is 31.0 Å². The van der Waals surface area contributed by atoms with Crippen molar-refractivity contribution in [3.05, 3.63) is 29.8 Å². The van der Waals surface area contributed by atoms with Gasteiger partial charge in [-0.25, -0.2) is 0 Å². The minimum atomic E-state index is -0.0444. The monoisotopic (exact) mass is 220 g/mol. The van der Waals surface area contributed by atoms with Gasteiger partial charge in [0.1, 0.15) is 6.10 Å². The van der Waals surface area contributed by atoms with Gasteiger partial charge in [0.25, 0.3) is 0 Å². The SMILES string of the molecule is CN1CC(c2ccc(N)cc2)OCCC1=O. The molecular weight excluding hydrogens is 204 g/mol. The summed E-state index contributed by atoms with van der Waals surface area (Å²) in [5.74, 6) is 0.137. The first-order valence-electron chi connectivity index (χ1n) is 5.38. The fraction of sp³-hybridized carbons (Fsp3) is 0.417. The molecule has 1 fully saturated rings. The van der Waals surface area contributed by atoms with Crippen molar-refractivity contribution in [1.29, 1.82) is 0 Å². The van der Waals surface area contributed by atoms with Gasteiger partial charge in [-0.15, -0.1) is 0 Å². The number of likely N-dealkylation sites (N-methyl/N-ethyl adjacent to an activating group) is 1. The first kappa shape index (κ1) is 11.0. The van der Waals surface area contributed by atoms with Gasteiger partial charge in [-0.2, -0.15) is 0 Å². The third-order valence-corrected chi connectivity index (χ3v) is 2.81. The van der Waals surface area contributed by atoms with Gasteiger partial charge < -0.3 is 15.4 Å². The molecular formula is C12H16N2O2. The number of carbonyl (C=O) groups excluding carboxylic acids is 1. The number of nitrogens with zero attached hydrogens (tertiary/aromatic N) is 1. The Hall–Kier alpha value is -1.55. The number of hydrogen-bond donors (Lipinski definition) is 1. The largest absolute Gasteiger partial charge is 0.399 e. The van der Waals surface area contributed by atoms with Crippen molar-refractivity contribution in [3.63, 3.8) is 0 Å². The minimum Gasteiger partial charge on any atom is -0.399 e. The normalized spacial score (nSPS) is 21.9. The average molecular weight is 220 g/mol. The van der Waals surface area contributed by atoms with Crippen LogP contribution in [0.5, 0.6) is 0 Å². The molecule has 1 saturated heterocycles. The van der Waals surface area contributed by atoms with Gasteiger partial charge in [-0.05, 0) is 17.7 Å². The number of rotatable bonds is 1. The lowest BCUT2D eigenvalue weighted by Gasteiger charge is -2.20. The molecule has 2 rings (SSSR count). The molecule has 0 aromatic heterocycles. The quantitative estimate of drug-likeness (QED) is 0.723. The number of anilines is 1. The number of carbonyl (C=O) groups is 1. The van der Waals surface area contributed by atoms with Crippen LogP contribution < -0.4 is 5.73 Å². The molecule has 1 aliphatic heterocycles. The van der Waals surface area contributed by atoms with Crippen LogP contribution in [0.25, 0.3) is 0 Å². The van der Waals surface area contributed by atoms with Crippen LogP contribution in [-0.2, 0) is 9.53 Å². The summed E-state index contributed by atoms with van der Waals surface area (Å²) < 4.78 is 5.67. The first-order valence-corrected chi connectivity index (χ1v) is 5.38. The zero-order chi connectivity index (χ0) is 11.5. The molecule has 1 amide bonds. The summed E-state index contributed by atoms with van der Waals surface area (Å²) in [6, 6.07) is 7.60. The topological polar surface area (TPSA) is 55.6 Å². The van der Waals surface area contributed by atoms with E-state index in [0.29, 0.717) is 19.6 Å². The molecule has 86 valence electrons. The Morgan fingerprint density at radius 1 is 1.38 bits per heavy atom. The molecule has 1 unspecified atom stereocenters. The Kier molecular flexibility index (Phi) is 3.10. The summed E-state index contributed by atoms with van der Waals surface area (Å²) in [6.45, 7) is 1.08. The van der Waals surface area contributed by atoms with Crippen LogP contribution in [0, 0.1) is 0 Å². The maximum atomic E-state index is 11.5. The van der Waals surface area contributed by atoms with E-state index in [2.05, 4.69) is 0 Å². The number of benzene rings is 1. The molecule has 4 nitrogen and oxygen atoms in total. The molecule has 0 radical (unpaired) electrons. The highest BCUT2D eigenvalue weighted by Gasteiger charge is 2.21. The zero-order valence-corrected chi connectivity index (χ0v) is 9.35. The predicted octanol–water partition coefficient (Wildman–Crippen LogP) is 1.19. The Morgan fingerprint density at radius 2 is 2.06 bits per heavy atom. The average Bonchev–Trinajstić information content (AvgIpc) is 2.43. The Labute approximate surface area is 95.0 Å². The van der Waals surface area contributed by atoms with E-state index >= 15 is 0 Å². The molecule has 4 heteroatoms. The third kappa shape index (κ3) is 2.33. The van der Waals surface area contributed by atoms with E-state index in [9.17, 15) is 4.79 Å². The number of nitrogens with two attached hydrogens (primary N) is 1. The van der Waals surface area contributed by atoms with E-state index in [4.69, 9.17) is 10.5 Å². The predicted molar refractivity (Wildman–Crippen MR) is 61.8 cm³/mol. The van der Waals surface area contributed by atoms with Crippen molar-refractivity contribution < 1.29 is 9.53 Å². The fourth-order valence-corrected chi connectivity index (χ4v) is 1.79. The number of hydrogen-bond acceptors (Lipinski definition) is 3. The van der Waals surface area contributed by atoms with Crippen LogP contribution in [0.2, 0.25) is 0 Å². The van der Waals surface area contributed by atoms with E-state index in [1.165, 1.54) is 0 Å². The van der Waals surface area contributed by atoms with E-state index in [0.717, 1.165) is 11.3 Å². The maximum absolute atomic E-state index is 11.5. The first-order chi connectivity index (χ1) is 7.66. The Bertz CT molecular complexity index is 375. The number of amides is 1. The van der Waals surface area contributed by atoms with Crippen molar-refractivity contribution in [2.75, 3.05) is 25.9 Å². The Morgan fingerprint density at radius 3 is 2.75 bits per heavy atom. The summed E-state index contributed by atoms with van der Waals surface area (Å²) in [5, 5.41) is 0. The van der Waals surface area contributed by atoms with Gasteiger partial charge in [-0.1, -0.05) is 12.1 Å². The standard InChI is InChI=1S/C12H16N2O2/c1-14-8-11(16-7-6-12(14)15)9-2-4-10(13)5-3-9/h2-5,11H,6-8,13H2,1H3. The maximum Gasteiger partial charge on any atom is 0.224 e. The highest BCUT2D eigenvalue weighted by atomic mass is 16.5. The molecule has 1 heterocycles. The summed E-state index contributed by atoms with van der Waals surface area (Å²) >= 11 is 0. The van der Waals surface area contributed by atoms with Crippen LogP contribution in [0.15, 0.2) is 24.3 Å². The van der Waals surface area contributed by atoms with Crippen LogP contribution >= 0.6 is 0 Å². The van der Waals surface area contributed by atoms with Gasteiger partial charge in [-0.3, -0.25) is 4.79 Å². The van der Waals surface area contributed by atoms with Crippen molar-refractivity contribution in [3.8, 4) is 0 Å². The van der Waals surface area contributed by atoms with Crippen molar-refractivity contribution >= 4 is 11.6 Å². The lowest BCUT2D eigenvalue weighted by molar-refractivity contribution is -0.129. The molecule has 1 aromatic carbocycles. The van der Waals surface area contributed by atoms with E-state index in [1.54, 1.807) is 11.9 Å². The second-order valence-corrected chi connectivity index (χ2v) is 4.05. The van der Waals surface area contributed by atoms with E-state index in [1.807, 2.05) is 24.3 Å². The lowest BCUT2D eigenvalue weighted by atomic mass is 10.1. The molecule has 1 atom stereocenters. The van der Waals surface area contributed by atoms with Crippen LogP contribution in [0.1, 0.15) is 18.1 Å². The van der Waals surface area contributed by atoms with E-state index < -0.39 is 0 Å². The highest BCUT2D eigenvalue weighted by Crippen LogP contribution is 2.22. The third-order valence-electron chi connectivity index (χ3n) is 2.81. The van der Waals surface area contributed by atoms with Crippen molar-refractivity contribution in [1.82, 2.24) is 4.90 Å². The summed E-state index contributed by atoms with van der Waals surface area (Å²) in [5.41, 5.74) is 7.43. The molecule has 2 N–H and O–H groups in total. The van der Waals surface area contributed by atoms with Crippen molar-refractivity contribution in [2.24, 2.45) is 0 Å². The number of ether oxygens (including phenoxy) is 1. The smallest absolute Gasteiger partial charge is 0.224 e. The summed E-state index contributed by atoms with van der Waals surface area (Å²) in [6.07, 6.45) is 0.416. The van der Waals surface area contributed by atoms with Gasteiger partial charge in [0.05, 0.1) is 19.6 Å². The molecule has 0 bridgehead atoms. The Balaban J connectivity index is 2.14. The van der Waals surface area contributed by atoms with E-state index in [-0.39, 0.29) is 12.0 Å². The molecule has 1 aromatic rings. The van der Waals surface area contributed by atoms with Gasteiger partial charge >= 0.3 is 0 Å². The highest BCUT2D eigenvalue weighted by molar-refractivity contribution is 5.76. The zero-order valence-electron chi connectivity index (χ0n) is 9.35. The van der Waals surface area contributed by atoms with Gasteiger partial charge in [0.2, 0.25) is 5.91 Å². The summed E-state index contributed by atoms with van der Waals surface area (Å²) in [7, 11) is 1.81. The second kappa shape index (κ2) is 4.53. The second-order valence-electron chi connectivity index (χ2n) is 4.05. The molecule has 16 heavy (non-hydrogen) atoms.